The summed E-state index contributed by atoms with van der Waals surface area (Å²) in [5.41, 5.74) is 0.916. The standard InChI is InChI=1S/C19H14N4O4/c24-17(10-15-13-8-4-5-9-14(13)18(25)22-20-15)26-11-16-21-23-19(27-16)12-6-2-1-3-7-12/h1-9H,10-11H2,(H,22,25). The van der Waals surface area contributed by atoms with Crippen LogP contribution in [0, 0.1) is 0 Å². The molecule has 4 rings (SSSR count). The molecule has 8 heteroatoms. The van der Waals surface area contributed by atoms with Crippen LogP contribution in [-0.4, -0.2) is 26.4 Å². The lowest BCUT2D eigenvalue weighted by atomic mass is 10.1. The Kier molecular flexibility index (Phi) is 4.44. The lowest BCUT2D eigenvalue weighted by Gasteiger charge is -2.04. The van der Waals surface area contributed by atoms with Crippen LogP contribution in [0.25, 0.3) is 22.2 Å². The van der Waals surface area contributed by atoms with Gasteiger partial charge in [0.25, 0.3) is 11.4 Å². The predicted octanol–water partition coefficient (Wildman–Crippen LogP) is 2.26. The molecule has 134 valence electrons. The number of fused-ring (bicyclic) bond motifs is 1. The number of benzene rings is 2. The molecule has 0 amide bonds. The SMILES string of the molecule is O=C(Cc1n[nH]c(=O)c2ccccc12)OCc1nnc(-c2ccccc2)o1. The first-order valence-electron chi connectivity index (χ1n) is 8.20. The highest BCUT2D eigenvalue weighted by atomic mass is 16.5. The highest BCUT2D eigenvalue weighted by molar-refractivity contribution is 5.86. The summed E-state index contributed by atoms with van der Waals surface area (Å²) in [5, 5.41) is 15.2. The molecule has 0 atom stereocenters. The minimum absolute atomic E-state index is 0.0863. The zero-order chi connectivity index (χ0) is 18.6. The third-order valence-corrected chi connectivity index (χ3v) is 3.93. The summed E-state index contributed by atoms with van der Waals surface area (Å²) in [5.74, 6) is 0.0376. The van der Waals surface area contributed by atoms with Crippen LogP contribution in [0.4, 0.5) is 0 Å². The molecular formula is C19H14N4O4. The van der Waals surface area contributed by atoms with E-state index in [1.165, 1.54) is 0 Å². The molecule has 8 nitrogen and oxygen atoms in total. The van der Waals surface area contributed by atoms with Crippen molar-refractivity contribution < 1.29 is 13.9 Å². The molecule has 2 aromatic heterocycles. The number of esters is 1. The lowest BCUT2D eigenvalue weighted by Crippen LogP contribution is -2.15. The molecule has 0 saturated heterocycles. The first kappa shape index (κ1) is 16.6. The van der Waals surface area contributed by atoms with Gasteiger partial charge in [0.2, 0.25) is 5.89 Å². The van der Waals surface area contributed by atoms with E-state index < -0.39 is 5.97 Å². The number of nitrogens with zero attached hydrogens (tertiary/aromatic N) is 3. The van der Waals surface area contributed by atoms with Crippen molar-refractivity contribution in [3.05, 3.63) is 76.5 Å². The number of hydrogen-bond acceptors (Lipinski definition) is 7. The summed E-state index contributed by atoms with van der Waals surface area (Å²) < 4.78 is 10.7. The Morgan fingerprint density at radius 3 is 2.56 bits per heavy atom. The number of carbonyl (C=O) groups is 1. The summed E-state index contributed by atoms with van der Waals surface area (Å²) in [6.07, 6.45) is -0.0863. The molecule has 0 aliphatic rings. The number of aromatic nitrogens is 4. The molecular weight excluding hydrogens is 348 g/mol. The third kappa shape index (κ3) is 3.59. The normalized spacial score (nSPS) is 10.8. The highest BCUT2D eigenvalue weighted by Crippen LogP contribution is 2.17. The summed E-state index contributed by atoms with van der Waals surface area (Å²) in [6, 6.07) is 16.2. The Morgan fingerprint density at radius 2 is 1.74 bits per heavy atom. The maximum absolute atomic E-state index is 12.1. The van der Waals surface area contributed by atoms with E-state index in [1.54, 1.807) is 24.3 Å². The molecule has 0 unspecified atom stereocenters. The van der Waals surface area contributed by atoms with Gasteiger partial charge in [-0.15, -0.1) is 10.2 Å². The van der Waals surface area contributed by atoms with Crippen LogP contribution in [0.2, 0.25) is 0 Å². The fourth-order valence-electron chi connectivity index (χ4n) is 2.65. The number of rotatable bonds is 5. The Bertz CT molecular complexity index is 1150. The molecule has 0 aliphatic heterocycles. The molecule has 2 aromatic carbocycles. The Morgan fingerprint density at radius 1 is 1.00 bits per heavy atom. The van der Waals surface area contributed by atoms with Gasteiger partial charge in [0.1, 0.15) is 0 Å². The number of hydrogen-bond donors (Lipinski definition) is 1. The second kappa shape index (κ2) is 7.20. The van der Waals surface area contributed by atoms with Gasteiger partial charge in [0.15, 0.2) is 6.61 Å². The van der Waals surface area contributed by atoms with E-state index in [9.17, 15) is 9.59 Å². The van der Waals surface area contributed by atoms with Gasteiger partial charge in [0, 0.05) is 10.9 Å². The van der Waals surface area contributed by atoms with E-state index in [4.69, 9.17) is 9.15 Å². The van der Waals surface area contributed by atoms with E-state index in [0.29, 0.717) is 22.4 Å². The molecule has 0 bridgehead atoms. The number of nitrogens with one attached hydrogen (secondary N) is 1. The second-order valence-corrected chi connectivity index (χ2v) is 5.75. The fraction of sp³-hybridized carbons (Fsp3) is 0.105. The van der Waals surface area contributed by atoms with E-state index in [2.05, 4.69) is 20.4 Å². The van der Waals surface area contributed by atoms with Crippen LogP contribution in [0.1, 0.15) is 11.6 Å². The maximum atomic E-state index is 12.1. The Hall–Kier alpha value is -3.81. The van der Waals surface area contributed by atoms with Crippen LogP contribution in [0.3, 0.4) is 0 Å². The minimum atomic E-state index is -0.515. The molecule has 0 saturated carbocycles. The average Bonchev–Trinajstić information content (AvgIpc) is 3.19. The average molecular weight is 362 g/mol. The first-order valence-corrected chi connectivity index (χ1v) is 8.20. The van der Waals surface area contributed by atoms with Crippen molar-refractivity contribution in [1.29, 1.82) is 0 Å². The van der Waals surface area contributed by atoms with Gasteiger partial charge in [-0.05, 0) is 18.2 Å². The molecule has 0 radical (unpaired) electrons. The van der Waals surface area contributed by atoms with E-state index in [0.717, 1.165) is 5.56 Å². The maximum Gasteiger partial charge on any atom is 0.312 e. The highest BCUT2D eigenvalue weighted by Gasteiger charge is 2.14. The molecule has 0 fully saturated rings. The Balaban J connectivity index is 1.43. The van der Waals surface area contributed by atoms with Gasteiger partial charge in [-0.1, -0.05) is 36.4 Å². The molecule has 0 aliphatic carbocycles. The van der Waals surface area contributed by atoms with E-state index >= 15 is 0 Å². The quantitative estimate of drug-likeness (QED) is 0.542. The van der Waals surface area contributed by atoms with Crippen molar-refractivity contribution in [2.24, 2.45) is 0 Å². The van der Waals surface area contributed by atoms with Crippen molar-refractivity contribution in [2.75, 3.05) is 0 Å². The van der Waals surface area contributed by atoms with Crippen LogP contribution in [-0.2, 0) is 22.6 Å². The minimum Gasteiger partial charge on any atom is -0.455 e. The summed E-state index contributed by atoms with van der Waals surface area (Å²) >= 11 is 0. The smallest absolute Gasteiger partial charge is 0.312 e. The monoisotopic (exact) mass is 362 g/mol. The molecule has 1 N–H and O–H groups in total. The second-order valence-electron chi connectivity index (χ2n) is 5.75. The van der Waals surface area contributed by atoms with Crippen LogP contribution in [0.15, 0.2) is 63.8 Å². The Labute approximate surface area is 152 Å². The largest absolute Gasteiger partial charge is 0.455 e. The van der Waals surface area contributed by atoms with Gasteiger partial charge < -0.3 is 9.15 Å². The van der Waals surface area contributed by atoms with Gasteiger partial charge in [-0.2, -0.15) is 5.10 Å². The number of H-pyrrole nitrogens is 1. The number of carbonyl (C=O) groups excluding carboxylic acids is 1. The fourth-order valence-corrected chi connectivity index (χ4v) is 2.65. The zero-order valence-electron chi connectivity index (χ0n) is 14.1. The number of ether oxygens (including phenoxy) is 1. The van der Waals surface area contributed by atoms with Crippen LogP contribution >= 0.6 is 0 Å². The van der Waals surface area contributed by atoms with Crippen molar-refractivity contribution in [3.63, 3.8) is 0 Å². The summed E-state index contributed by atoms with van der Waals surface area (Å²) in [7, 11) is 0. The topological polar surface area (TPSA) is 111 Å². The third-order valence-electron chi connectivity index (χ3n) is 3.93. The van der Waals surface area contributed by atoms with Gasteiger partial charge in [-0.25, -0.2) is 5.10 Å². The van der Waals surface area contributed by atoms with Crippen molar-refractivity contribution in [3.8, 4) is 11.5 Å². The molecule has 4 aromatic rings. The van der Waals surface area contributed by atoms with Crippen molar-refractivity contribution in [2.45, 2.75) is 13.0 Å². The molecule has 27 heavy (non-hydrogen) atoms. The van der Waals surface area contributed by atoms with Gasteiger partial charge in [-0.3, -0.25) is 9.59 Å². The summed E-state index contributed by atoms with van der Waals surface area (Å²) in [4.78, 5) is 23.9. The van der Waals surface area contributed by atoms with E-state index in [-0.39, 0.29) is 24.5 Å². The van der Waals surface area contributed by atoms with Gasteiger partial charge in [0.05, 0.1) is 17.5 Å². The lowest BCUT2D eigenvalue weighted by molar-refractivity contribution is -0.144. The van der Waals surface area contributed by atoms with Gasteiger partial charge >= 0.3 is 5.97 Å². The van der Waals surface area contributed by atoms with E-state index in [1.807, 2.05) is 30.3 Å². The zero-order valence-corrected chi connectivity index (χ0v) is 14.1. The van der Waals surface area contributed by atoms with Crippen LogP contribution in [0.5, 0.6) is 0 Å². The van der Waals surface area contributed by atoms with Crippen LogP contribution < -0.4 is 5.56 Å². The van der Waals surface area contributed by atoms with Crippen molar-refractivity contribution >= 4 is 16.7 Å². The number of aromatic amines is 1. The first-order chi connectivity index (χ1) is 13.2. The van der Waals surface area contributed by atoms with Crippen molar-refractivity contribution in [1.82, 2.24) is 20.4 Å². The molecule has 2 heterocycles. The molecule has 0 spiro atoms. The predicted molar refractivity (Wildman–Crippen MR) is 95.6 cm³/mol. The summed E-state index contributed by atoms with van der Waals surface area (Å²) in [6.45, 7) is -0.139.